The fourth-order valence-corrected chi connectivity index (χ4v) is 1.83. The van der Waals surface area contributed by atoms with Crippen molar-refractivity contribution in [3.8, 4) is 0 Å². The Bertz CT molecular complexity index is 371. The van der Waals surface area contributed by atoms with E-state index >= 15 is 0 Å². The molecule has 0 spiro atoms. The molecule has 0 radical (unpaired) electrons. The number of aliphatic imine (C=N–C) groups is 1. The average molecular weight is 245 g/mol. The molecule has 1 unspecified atom stereocenters. The second kappa shape index (κ2) is 8.34. The molecule has 3 nitrogen and oxygen atoms in total. The lowest BCUT2D eigenvalue weighted by molar-refractivity contribution is 0.632. The molecule has 0 saturated carbocycles. The summed E-state index contributed by atoms with van der Waals surface area (Å²) in [5.74, 6) is 1.33. The summed E-state index contributed by atoms with van der Waals surface area (Å²) >= 11 is 0. The molecule has 1 rings (SSSR count). The Morgan fingerprint density at radius 2 is 2.06 bits per heavy atom. The molecule has 2 N–H and O–H groups in total. The number of guanidine groups is 1. The molecule has 98 valence electrons. The first-order chi connectivity index (χ1) is 8.81. The first kappa shape index (κ1) is 14.3. The van der Waals surface area contributed by atoms with Crippen LogP contribution in [0.2, 0.25) is 0 Å². The maximum absolute atomic E-state index is 4.17. The van der Waals surface area contributed by atoms with Gasteiger partial charge in [-0.3, -0.25) is 4.99 Å². The summed E-state index contributed by atoms with van der Waals surface area (Å²) in [5, 5.41) is 6.52. The molecule has 18 heavy (non-hydrogen) atoms. The van der Waals surface area contributed by atoms with Crippen molar-refractivity contribution in [3.63, 3.8) is 0 Å². The Kier molecular flexibility index (Phi) is 6.62. The zero-order valence-corrected chi connectivity index (χ0v) is 11.3. The Morgan fingerprint density at radius 3 is 2.61 bits per heavy atom. The van der Waals surface area contributed by atoms with Crippen molar-refractivity contribution in [2.75, 3.05) is 20.1 Å². The molecule has 1 aromatic carbocycles. The van der Waals surface area contributed by atoms with Gasteiger partial charge in [-0.25, -0.2) is 0 Å². The van der Waals surface area contributed by atoms with Gasteiger partial charge in [0, 0.05) is 26.1 Å². The van der Waals surface area contributed by atoms with E-state index in [-0.39, 0.29) is 0 Å². The van der Waals surface area contributed by atoms with E-state index in [9.17, 15) is 0 Å². The van der Waals surface area contributed by atoms with Gasteiger partial charge in [0.05, 0.1) is 0 Å². The van der Waals surface area contributed by atoms with E-state index in [4.69, 9.17) is 0 Å². The van der Waals surface area contributed by atoms with Crippen LogP contribution in [0.3, 0.4) is 0 Å². The first-order valence-electron chi connectivity index (χ1n) is 6.42. The quantitative estimate of drug-likeness (QED) is 0.459. The highest BCUT2D eigenvalue weighted by molar-refractivity contribution is 5.79. The van der Waals surface area contributed by atoms with Crippen LogP contribution in [0, 0.1) is 0 Å². The molecule has 0 aliphatic carbocycles. The number of rotatable bonds is 6. The maximum Gasteiger partial charge on any atom is 0.191 e. The Morgan fingerprint density at radius 1 is 1.33 bits per heavy atom. The molecular weight excluding hydrogens is 222 g/mol. The van der Waals surface area contributed by atoms with Gasteiger partial charge in [-0.05, 0) is 12.0 Å². The normalized spacial score (nSPS) is 12.9. The third-order valence-corrected chi connectivity index (χ3v) is 2.92. The lowest BCUT2D eigenvalue weighted by Gasteiger charge is -2.18. The van der Waals surface area contributed by atoms with E-state index in [2.05, 4.69) is 53.4 Å². The third-order valence-electron chi connectivity index (χ3n) is 2.92. The highest BCUT2D eigenvalue weighted by atomic mass is 15.2. The minimum absolute atomic E-state index is 0.508. The summed E-state index contributed by atoms with van der Waals surface area (Å²) in [6, 6.07) is 10.6. The highest BCUT2D eigenvalue weighted by Crippen LogP contribution is 2.17. The summed E-state index contributed by atoms with van der Waals surface area (Å²) in [5.41, 5.74) is 1.37. The molecule has 0 fully saturated rings. The van der Waals surface area contributed by atoms with Crippen molar-refractivity contribution in [3.05, 3.63) is 48.6 Å². The largest absolute Gasteiger partial charge is 0.356 e. The van der Waals surface area contributed by atoms with Crippen LogP contribution in [0.5, 0.6) is 0 Å². The molecule has 0 aliphatic heterocycles. The summed E-state index contributed by atoms with van der Waals surface area (Å²) in [6.45, 7) is 7.50. The van der Waals surface area contributed by atoms with Crippen LogP contribution in [0.15, 0.2) is 48.0 Å². The monoisotopic (exact) mass is 245 g/mol. The van der Waals surface area contributed by atoms with Crippen molar-refractivity contribution >= 4 is 5.96 Å². The van der Waals surface area contributed by atoms with E-state index in [1.807, 2.05) is 12.1 Å². The van der Waals surface area contributed by atoms with Gasteiger partial charge >= 0.3 is 0 Å². The van der Waals surface area contributed by atoms with Crippen molar-refractivity contribution in [1.29, 1.82) is 0 Å². The smallest absolute Gasteiger partial charge is 0.191 e. The Balaban J connectivity index is 2.51. The van der Waals surface area contributed by atoms with Gasteiger partial charge < -0.3 is 10.6 Å². The van der Waals surface area contributed by atoms with Gasteiger partial charge in [0.2, 0.25) is 0 Å². The number of benzene rings is 1. The second-order valence-corrected chi connectivity index (χ2v) is 4.14. The molecule has 0 amide bonds. The van der Waals surface area contributed by atoms with Crippen LogP contribution in [0.1, 0.15) is 24.8 Å². The highest BCUT2D eigenvalue weighted by Gasteiger charge is 2.09. The molecule has 0 bridgehead atoms. The number of hydrogen-bond acceptors (Lipinski definition) is 1. The van der Waals surface area contributed by atoms with Gasteiger partial charge in [0.25, 0.3) is 0 Å². The van der Waals surface area contributed by atoms with Crippen LogP contribution < -0.4 is 10.6 Å². The van der Waals surface area contributed by atoms with Gasteiger partial charge in [0.15, 0.2) is 5.96 Å². The average Bonchev–Trinajstić information content (AvgIpc) is 2.44. The van der Waals surface area contributed by atoms with Gasteiger partial charge in [-0.15, -0.1) is 6.58 Å². The van der Waals surface area contributed by atoms with E-state index in [1.54, 1.807) is 7.05 Å². The fraction of sp³-hybridized carbons (Fsp3) is 0.400. The summed E-state index contributed by atoms with van der Waals surface area (Å²) in [6.07, 6.45) is 2.93. The summed E-state index contributed by atoms with van der Waals surface area (Å²) in [4.78, 5) is 4.17. The van der Waals surface area contributed by atoms with Gasteiger partial charge in [-0.1, -0.05) is 43.3 Å². The minimum atomic E-state index is 0.508. The molecule has 0 saturated heterocycles. The summed E-state index contributed by atoms with van der Waals surface area (Å²) < 4.78 is 0. The van der Waals surface area contributed by atoms with Crippen molar-refractivity contribution < 1.29 is 0 Å². The Labute approximate surface area is 110 Å². The lowest BCUT2D eigenvalue weighted by Crippen LogP contribution is -2.39. The lowest BCUT2D eigenvalue weighted by atomic mass is 9.97. The SMILES string of the molecule is C=CCNC(=NC)NCC(CC)c1ccccc1. The second-order valence-electron chi connectivity index (χ2n) is 4.14. The molecule has 3 heteroatoms. The van der Waals surface area contributed by atoms with Gasteiger partial charge in [0.1, 0.15) is 0 Å². The van der Waals surface area contributed by atoms with Crippen molar-refractivity contribution in [2.45, 2.75) is 19.3 Å². The van der Waals surface area contributed by atoms with Crippen molar-refractivity contribution in [2.24, 2.45) is 4.99 Å². The summed E-state index contributed by atoms with van der Waals surface area (Å²) in [7, 11) is 1.78. The zero-order valence-electron chi connectivity index (χ0n) is 11.3. The number of hydrogen-bond donors (Lipinski definition) is 2. The number of nitrogens with one attached hydrogen (secondary N) is 2. The first-order valence-corrected chi connectivity index (χ1v) is 6.42. The molecule has 0 heterocycles. The predicted molar refractivity (Wildman–Crippen MR) is 79.0 cm³/mol. The topological polar surface area (TPSA) is 36.4 Å². The maximum atomic E-state index is 4.17. The van der Waals surface area contributed by atoms with Crippen LogP contribution >= 0.6 is 0 Å². The van der Waals surface area contributed by atoms with Crippen LogP contribution in [0.25, 0.3) is 0 Å². The molecule has 0 aliphatic rings. The van der Waals surface area contributed by atoms with E-state index in [1.165, 1.54) is 5.56 Å². The zero-order chi connectivity index (χ0) is 13.2. The van der Waals surface area contributed by atoms with Crippen LogP contribution in [-0.2, 0) is 0 Å². The van der Waals surface area contributed by atoms with E-state index in [0.717, 1.165) is 25.5 Å². The van der Waals surface area contributed by atoms with E-state index in [0.29, 0.717) is 5.92 Å². The fourth-order valence-electron chi connectivity index (χ4n) is 1.83. The third kappa shape index (κ3) is 4.62. The molecule has 1 aromatic rings. The molecule has 0 aromatic heterocycles. The minimum Gasteiger partial charge on any atom is -0.356 e. The van der Waals surface area contributed by atoms with Crippen molar-refractivity contribution in [1.82, 2.24) is 10.6 Å². The molecular formula is C15H23N3. The van der Waals surface area contributed by atoms with E-state index < -0.39 is 0 Å². The molecule has 1 atom stereocenters. The number of nitrogens with zero attached hydrogens (tertiary/aromatic N) is 1. The van der Waals surface area contributed by atoms with Gasteiger partial charge in [-0.2, -0.15) is 0 Å². The van der Waals surface area contributed by atoms with Crippen LogP contribution in [0.4, 0.5) is 0 Å². The Hall–Kier alpha value is -1.77. The van der Waals surface area contributed by atoms with Crippen LogP contribution in [-0.4, -0.2) is 26.1 Å². The predicted octanol–water partition coefficient (Wildman–Crippen LogP) is 2.53. The standard InChI is InChI=1S/C15H23N3/c1-4-11-17-15(16-3)18-12-13(5-2)14-9-7-6-8-10-14/h4,6-10,13H,1,5,11-12H2,2-3H3,(H2,16,17,18).